The summed E-state index contributed by atoms with van der Waals surface area (Å²) in [6.45, 7) is 4.88. The van der Waals surface area contributed by atoms with Gasteiger partial charge >= 0.3 is 0 Å². The van der Waals surface area contributed by atoms with E-state index >= 15 is 0 Å². The van der Waals surface area contributed by atoms with Crippen LogP contribution in [0, 0.1) is 5.92 Å². The fourth-order valence-electron chi connectivity index (χ4n) is 3.53. The average molecular weight is 362 g/mol. The number of carbonyl (C=O) groups is 1. The van der Waals surface area contributed by atoms with E-state index < -0.39 is 0 Å². The van der Waals surface area contributed by atoms with Gasteiger partial charge in [-0.15, -0.1) is 0 Å². The number of aryl methyl sites for hydroxylation is 1. The van der Waals surface area contributed by atoms with E-state index in [-0.39, 0.29) is 5.91 Å². The Morgan fingerprint density at radius 1 is 1.31 bits per heavy atom. The maximum atomic E-state index is 12.1. The summed E-state index contributed by atoms with van der Waals surface area (Å²) in [5, 5.41) is 6.35. The van der Waals surface area contributed by atoms with Crippen LogP contribution in [0.1, 0.15) is 51.1 Å². The van der Waals surface area contributed by atoms with Gasteiger partial charge in [0.2, 0.25) is 5.91 Å². The quantitative estimate of drug-likeness (QED) is 0.425. The highest BCUT2D eigenvalue weighted by Gasteiger charge is 2.16. The third-order valence-corrected chi connectivity index (χ3v) is 5.04. The number of aromatic nitrogens is 1. The largest absolute Gasteiger partial charge is 0.357 e. The number of hydrogen-bond acceptors (Lipinski definition) is 2. The number of aliphatic imine (C=N–C) groups is 1. The van der Waals surface area contributed by atoms with Crippen molar-refractivity contribution in [3.05, 3.63) is 24.0 Å². The van der Waals surface area contributed by atoms with Crippen LogP contribution >= 0.6 is 0 Å². The second-order valence-electron chi connectivity index (χ2n) is 7.26. The second kappa shape index (κ2) is 10.9. The number of nitrogens with zero attached hydrogens (tertiary/aromatic N) is 3. The molecule has 2 N–H and O–H groups in total. The van der Waals surface area contributed by atoms with Crippen molar-refractivity contribution in [1.29, 1.82) is 0 Å². The van der Waals surface area contributed by atoms with Crippen LogP contribution in [0.2, 0.25) is 0 Å². The highest BCUT2D eigenvalue weighted by Crippen LogP contribution is 2.25. The van der Waals surface area contributed by atoms with E-state index in [9.17, 15) is 4.79 Å². The smallest absolute Gasteiger partial charge is 0.220 e. The molecule has 6 heteroatoms. The topological polar surface area (TPSA) is 61.7 Å². The van der Waals surface area contributed by atoms with Gasteiger partial charge in [-0.1, -0.05) is 19.3 Å². The van der Waals surface area contributed by atoms with Crippen LogP contribution in [0.25, 0.3) is 0 Å². The fourth-order valence-corrected chi connectivity index (χ4v) is 3.53. The van der Waals surface area contributed by atoms with Crippen LogP contribution in [0.4, 0.5) is 0 Å². The zero-order valence-corrected chi connectivity index (χ0v) is 16.6. The molecule has 0 atom stereocenters. The minimum atomic E-state index is 0.175. The first-order valence-electron chi connectivity index (χ1n) is 9.96. The molecule has 1 aliphatic rings. The molecule has 6 nitrogen and oxygen atoms in total. The maximum absolute atomic E-state index is 12.1. The molecule has 1 heterocycles. The summed E-state index contributed by atoms with van der Waals surface area (Å²) in [5.41, 5.74) is 1.24. The van der Waals surface area contributed by atoms with Crippen molar-refractivity contribution in [2.75, 3.05) is 26.7 Å². The van der Waals surface area contributed by atoms with E-state index in [1.807, 2.05) is 7.05 Å². The van der Waals surface area contributed by atoms with Gasteiger partial charge in [0.1, 0.15) is 0 Å². The Balaban J connectivity index is 1.75. The molecule has 1 aromatic heterocycles. The van der Waals surface area contributed by atoms with Crippen molar-refractivity contribution in [3.8, 4) is 0 Å². The second-order valence-corrected chi connectivity index (χ2v) is 7.26. The van der Waals surface area contributed by atoms with Gasteiger partial charge in [-0.25, -0.2) is 0 Å². The van der Waals surface area contributed by atoms with Crippen molar-refractivity contribution in [2.24, 2.45) is 18.0 Å². The Hall–Kier alpha value is -1.98. The Morgan fingerprint density at radius 2 is 2.08 bits per heavy atom. The molecular formula is C20H35N5O. The van der Waals surface area contributed by atoms with Crippen molar-refractivity contribution in [3.63, 3.8) is 0 Å². The van der Waals surface area contributed by atoms with E-state index in [1.165, 1.54) is 37.8 Å². The molecule has 1 fully saturated rings. The Kier molecular flexibility index (Phi) is 8.51. The summed E-state index contributed by atoms with van der Waals surface area (Å²) in [6.07, 6.45) is 9.03. The normalized spacial score (nSPS) is 15.7. The predicted molar refractivity (Wildman–Crippen MR) is 107 cm³/mol. The highest BCUT2D eigenvalue weighted by atomic mass is 16.1. The zero-order chi connectivity index (χ0) is 18.8. The van der Waals surface area contributed by atoms with E-state index in [0.717, 1.165) is 19.0 Å². The summed E-state index contributed by atoms with van der Waals surface area (Å²) in [6, 6.07) is 4.17. The van der Waals surface area contributed by atoms with Crippen molar-refractivity contribution < 1.29 is 4.79 Å². The summed E-state index contributed by atoms with van der Waals surface area (Å²) in [7, 11) is 4.09. The molecule has 1 aliphatic carbocycles. The molecule has 0 radical (unpaired) electrons. The predicted octanol–water partition coefficient (Wildman–Crippen LogP) is 2.51. The first kappa shape index (κ1) is 20.3. The van der Waals surface area contributed by atoms with Crippen LogP contribution in [0.5, 0.6) is 0 Å². The first-order valence-corrected chi connectivity index (χ1v) is 9.96. The van der Waals surface area contributed by atoms with Gasteiger partial charge in [-0.05, 0) is 37.8 Å². The van der Waals surface area contributed by atoms with Crippen molar-refractivity contribution >= 4 is 11.9 Å². The molecule has 1 saturated carbocycles. The van der Waals surface area contributed by atoms with Crippen molar-refractivity contribution in [2.45, 2.75) is 52.0 Å². The van der Waals surface area contributed by atoms with Crippen LogP contribution in [-0.4, -0.2) is 48.0 Å². The number of nitrogens with one attached hydrogen (secondary N) is 2. The molecule has 0 saturated heterocycles. The Labute approximate surface area is 158 Å². The van der Waals surface area contributed by atoms with Gasteiger partial charge < -0.3 is 20.1 Å². The molecule has 0 spiro atoms. The number of amides is 1. The van der Waals surface area contributed by atoms with Gasteiger partial charge in [0.15, 0.2) is 5.96 Å². The molecule has 0 aromatic carbocycles. The summed E-state index contributed by atoms with van der Waals surface area (Å²) in [5.74, 6) is 1.63. The summed E-state index contributed by atoms with van der Waals surface area (Å²) >= 11 is 0. The molecule has 1 amide bonds. The van der Waals surface area contributed by atoms with Gasteiger partial charge in [-0.3, -0.25) is 9.79 Å². The van der Waals surface area contributed by atoms with E-state index in [2.05, 4.69) is 57.4 Å². The molecule has 0 bridgehead atoms. The molecule has 26 heavy (non-hydrogen) atoms. The molecular weight excluding hydrogens is 326 g/mol. The van der Waals surface area contributed by atoms with Crippen LogP contribution in [0.15, 0.2) is 23.3 Å². The molecule has 2 rings (SSSR count). The number of guanidine groups is 1. The van der Waals surface area contributed by atoms with Crippen LogP contribution in [0.3, 0.4) is 0 Å². The lowest BCUT2D eigenvalue weighted by molar-refractivity contribution is -0.122. The average Bonchev–Trinajstić information content (AvgIpc) is 3.03. The SMILES string of the molecule is CCNC(=NCCNC(=O)CC1CCCCC1)N(C)Cc1cccn1C. The summed E-state index contributed by atoms with van der Waals surface area (Å²) in [4.78, 5) is 18.8. The van der Waals surface area contributed by atoms with E-state index in [0.29, 0.717) is 25.4 Å². The van der Waals surface area contributed by atoms with Gasteiger partial charge in [0, 0.05) is 45.5 Å². The van der Waals surface area contributed by atoms with Crippen LogP contribution < -0.4 is 10.6 Å². The van der Waals surface area contributed by atoms with Gasteiger partial charge in [0.05, 0.1) is 13.1 Å². The molecule has 0 aliphatic heterocycles. The number of rotatable bonds is 8. The van der Waals surface area contributed by atoms with Crippen LogP contribution in [-0.2, 0) is 18.4 Å². The maximum Gasteiger partial charge on any atom is 0.220 e. The summed E-state index contributed by atoms with van der Waals surface area (Å²) < 4.78 is 2.12. The number of hydrogen-bond donors (Lipinski definition) is 2. The Morgan fingerprint density at radius 3 is 2.73 bits per heavy atom. The standard InChI is InChI=1S/C20H35N5O/c1-4-21-20(25(3)16-18-11-8-14-24(18)2)23-13-12-22-19(26)15-17-9-6-5-7-10-17/h8,11,14,17H,4-7,9-10,12-13,15-16H2,1-3H3,(H,21,23)(H,22,26). The molecule has 0 unspecified atom stereocenters. The lowest BCUT2D eigenvalue weighted by Crippen LogP contribution is -2.39. The molecule has 146 valence electrons. The lowest BCUT2D eigenvalue weighted by Gasteiger charge is -2.22. The first-order chi connectivity index (χ1) is 12.6. The minimum absolute atomic E-state index is 0.175. The van der Waals surface area contributed by atoms with Gasteiger partial charge in [-0.2, -0.15) is 0 Å². The van der Waals surface area contributed by atoms with Gasteiger partial charge in [0.25, 0.3) is 0 Å². The van der Waals surface area contributed by atoms with E-state index in [4.69, 9.17) is 0 Å². The lowest BCUT2D eigenvalue weighted by atomic mass is 9.87. The number of carbonyl (C=O) groups excluding carboxylic acids is 1. The van der Waals surface area contributed by atoms with E-state index in [1.54, 1.807) is 0 Å². The third-order valence-electron chi connectivity index (χ3n) is 5.04. The monoisotopic (exact) mass is 361 g/mol. The van der Waals surface area contributed by atoms with Crippen molar-refractivity contribution in [1.82, 2.24) is 20.1 Å². The zero-order valence-electron chi connectivity index (χ0n) is 16.6. The minimum Gasteiger partial charge on any atom is -0.357 e. The Bertz CT molecular complexity index is 575. The fraction of sp³-hybridized carbons (Fsp3) is 0.700. The third kappa shape index (κ3) is 6.73. The highest BCUT2D eigenvalue weighted by molar-refractivity contribution is 5.79. The molecule has 1 aromatic rings.